The molecule has 2 atom stereocenters. The Bertz CT molecular complexity index is 507. The number of carboxylic acid groups (broad SMARTS) is 1. The van der Waals surface area contributed by atoms with Gasteiger partial charge in [-0.05, 0) is 44.9 Å². The Hall–Kier alpha value is -1.81. The van der Waals surface area contributed by atoms with Gasteiger partial charge in [-0.25, -0.2) is 4.79 Å². The fourth-order valence-corrected chi connectivity index (χ4v) is 2.28. The van der Waals surface area contributed by atoms with Crippen LogP contribution in [0.3, 0.4) is 0 Å². The number of carbonyl (C=O) groups is 1. The zero-order chi connectivity index (χ0) is 14.5. The zero-order valence-electron chi connectivity index (χ0n) is 11.8. The molecule has 1 aromatic carbocycles. The maximum Gasteiger partial charge on any atom is 0.328 e. The van der Waals surface area contributed by atoms with Crippen molar-refractivity contribution in [2.75, 3.05) is 6.61 Å². The first-order valence-corrected chi connectivity index (χ1v) is 6.84. The van der Waals surface area contributed by atoms with Crippen molar-refractivity contribution in [2.45, 2.75) is 38.9 Å². The largest absolute Gasteiger partial charge is 0.490 e. The molecule has 1 heterocycles. The first-order valence-electron chi connectivity index (χ1n) is 6.84. The minimum atomic E-state index is -0.967. The third-order valence-electron chi connectivity index (χ3n) is 3.32. The van der Waals surface area contributed by atoms with Crippen molar-refractivity contribution in [3.8, 4) is 5.75 Å². The molecule has 1 aliphatic heterocycles. The van der Waals surface area contributed by atoms with Crippen LogP contribution in [0.4, 0.5) is 0 Å². The lowest BCUT2D eigenvalue weighted by Crippen LogP contribution is -2.18. The van der Waals surface area contributed by atoms with Crippen LogP contribution in [0.2, 0.25) is 0 Å². The molecule has 4 heteroatoms. The van der Waals surface area contributed by atoms with E-state index in [1.807, 2.05) is 25.1 Å². The summed E-state index contributed by atoms with van der Waals surface area (Å²) in [5, 5.41) is 8.72. The molecular formula is C16H20O4. The van der Waals surface area contributed by atoms with Crippen LogP contribution >= 0.6 is 0 Å². The van der Waals surface area contributed by atoms with Crippen LogP contribution in [-0.4, -0.2) is 29.9 Å². The number of rotatable bonds is 5. The third-order valence-corrected chi connectivity index (χ3v) is 3.32. The summed E-state index contributed by atoms with van der Waals surface area (Å²) in [6.07, 6.45) is 5.18. The minimum Gasteiger partial charge on any atom is -0.490 e. The van der Waals surface area contributed by atoms with Crippen molar-refractivity contribution in [1.82, 2.24) is 0 Å². The molecule has 2 unspecified atom stereocenters. The zero-order valence-corrected chi connectivity index (χ0v) is 11.8. The molecule has 0 aromatic heterocycles. The molecule has 0 spiro atoms. The van der Waals surface area contributed by atoms with E-state index in [2.05, 4.69) is 6.92 Å². The van der Waals surface area contributed by atoms with Crippen LogP contribution in [0.1, 0.15) is 30.9 Å². The van der Waals surface area contributed by atoms with E-state index in [-0.39, 0.29) is 6.10 Å². The summed E-state index contributed by atoms with van der Waals surface area (Å²) in [4.78, 5) is 10.6. The van der Waals surface area contributed by atoms with Crippen molar-refractivity contribution < 1.29 is 19.4 Å². The molecule has 0 saturated carbocycles. The van der Waals surface area contributed by atoms with Crippen LogP contribution in [0, 0.1) is 6.92 Å². The van der Waals surface area contributed by atoms with Gasteiger partial charge in [-0.15, -0.1) is 0 Å². The van der Waals surface area contributed by atoms with E-state index in [1.165, 1.54) is 0 Å². The average molecular weight is 276 g/mol. The van der Waals surface area contributed by atoms with Crippen molar-refractivity contribution in [2.24, 2.45) is 0 Å². The van der Waals surface area contributed by atoms with Gasteiger partial charge in [0.05, 0.1) is 12.2 Å². The summed E-state index contributed by atoms with van der Waals surface area (Å²) in [6, 6.07) is 5.73. The fourth-order valence-electron chi connectivity index (χ4n) is 2.28. The van der Waals surface area contributed by atoms with Crippen LogP contribution in [0.15, 0.2) is 24.3 Å². The number of aryl methyl sites for hydroxylation is 1. The smallest absolute Gasteiger partial charge is 0.328 e. The van der Waals surface area contributed by atoms with Gasteiger partial charge in [0, 0.05) is 11.6 Å². The van der Waals surface area contributed by atoms with Crippen molar-refractivity contribution in [3.63, 3.8) is 0 Å². The monoisotopic (exact) mass is 276 g/mol. The highest BCUT2D eigenvalue weighted by molar-refractivity contribution is 5.85. The lowest BCUT2D eigenvalue weighted by Gasteiger charge is -2.14. The van der Waals surface area contributed by atoms with Crippen LogP contribution in [-0.2, 0) is 9.53 Å². The van der Waals surface area contributed by atoms with Gasteiger partial charge >= 0.3 is 5.97 Å². The lowest BCUT2D eigenvalue weighted by atomic mass is 10.1. The van der Waals surface area contributed by atoms with Gasteiger partial charge in [0.2, 0.25) is 0 Å². The van der Waals surface area contributed by atoms with E-state index < -0.39 is 5.97 Å². The maximum atomic E-state index is 10.6. The normalized spacial score (nSPS) is 22.3. The van der Waals surface area contributed by atoms with Crippen LogP contribution in [0.5, 0.6) is 5.75 Å². The Labute approximate surface area is 119 Å². The van der Waals surface area contributed by atoms with Gasteiger partial charge in [0.15, 0.2) is 0 Å². The second-order valence-electron chi connectivity index (χ2n) is 5.17. The summed E-state index contributed by atoms with van der Waals surface area (Å²) in [5.41, 5.74) is 1.84. The van der Waals surface area contributed by atoms with Gasteiger partial charge in [-0.2, -0.15) is 0 Å². The van der Waals surface area contributed by atoms with Gasteiger partial charge in [0.25, 0.3) is 0 Å². The fraction of sp³-hybridized carbons (Fsp3) is 0.438. The number of hydrogen-bond acceptors (Lipinski definition) is 3. The number of aliphatic carboxylic acids is 1. The Balaban J connectivity index is 2.04. The van der Waals surface area contributed by atoms with E-state index in [1.54, 1.807) is 6.08 Å². The highest BCUT2D eigenvalue weighted by atomic mass is 16.5. The van der Waals surface area contributed by atoms with Crippen molar-refractivity contribution >= 4 is 12.0 Å². The van der Waals surface area contributed by atoms with Crippen LogP contribution in [0.25, 0.3) is 6.08 Å². The second kappa shape index (κ2) is 6.57. The Morgan fingerprint density at radius 1 is 1.50 bits per heavy atom. The summed E-state index contributed by atoms with van der Waals surface area (Å²) < 4.78 is 11.5. The molecule has 1 N–H and O–H groups in total. The predicted octanol–water partition coefficient (Wildman–Crippen LogP) is 3.04. The molecule has 0 radical (unpaired) electrons. The topological polar surface area (TPSA) is 55.8 Å². The summed E-state index contributed by atoms with van der Waals surface area (Å²) in [5.74, 6) is -0.276. The maximum absolute atomic E-state index is 10.6. The Kier molecular flexibility index (Phi) is 4.79. The molecule has 4 nitrogen and oxygen atoms in total. The Morgan fingerprint density at radius 3 is 2.95 bits per heavy atom. The molecule has 0 amide bonds. The highest BCUT2D eigenvalue weighted by Gasteiger charge is 2.22. The predicted molar refractivity (Wildman–Crippen MR) is 76.9 cm³/mol. The first-order chi connectivity index (χ1) is 9.54. The van der Waals surface area contributed by atoms with Gasteiger partial charge in [-0.1, -0.05) is 11.6 Å². The van der Waals surface area contributed by atoms with E-state index in [0.29, 0.717) is 18.5 Å². The SMILES string of the molecule is Cc1ccc(OCC2CCC(C)O2)c(/C=C/C(=O)O)c1. The molecule has 2 rings (SSSR count). The molecule has 1 fully saturated rings. The summed E-state index contributed by atoms with van der Waals surface area (Å²) in [6.45, 7) is 4.53. The third kappa shape index (κ3) is 4.10. The quantitative estimate of drug-likeness (QED) is 0.840. The van der Waals surface area contributed by atoms with E-state index >= 15 is 0 Å². The molecular weight excluding hydrogens is 256 g/mol. The van der Waals surface area contributed by atoms with E-state index in [0.717, 1.165) is 30.0 Å². The van der Waals surface area contributed by atoms with E-state index in [9.17, 15) is 4.79 Å². The molecule has 1 saturated heterocycles. The van der Waals surface area contributed by atoms with Crippen molar-refractivity contribution in [1.29, 1.82) is 0 Å². The molecule has 108 valence electrons. The average Bonchev–Trinajstić information content (AvgIpc) is 2.81. The molecule has 1 aliphatic rings. The number of carboxylic acids is 1. The number of hydrogen-bond donors (Lipinski definition) is 1. The highest BCUT2D eigenvalue weighted by Crippen LogP contribution is 2.24. The minimum absolute atomic E-state index is 0.127. The lowest BCUT2D eigenvalue weighted by molar-refractivity contribution is -0.131. The van der Waals surface area contributed by atoms with E-state index in [4.69, 9.17) is 14.6 Å². The van der Waals surface area contributed by atoms with Gasteiger partial charge in [-0.3, -0.25) is 0 Å². The Morgan fingerprint density at radius 2 is 2.30 bits per heavy atom. The van der Waals surface area contributed by atoms with Gasteiger partial charge in [0.1, 0.15) is 12.4 Å². The number of benzene rings is 1. The molecule has 0 aliphatic carbocycles. The number of ether oxygens (including phenoxy) is 2. The van der Waals surface area contributed by atoms with Crippen molar-refractivity contribution in [3.05, 3.63) is 35.4 Å². The van der Waals surface area contributed by atoms with Gasteiger partial charge < -0.3 is 14.6 Å². The second-order valence-corrected chi connectivity index (χ2v) is 5.17. The summed E-state index contributed by atoms with van der Waals surface area (Å²) >= 11 is 0. The summed E-state index contributed by atoms with van der Waals surface area (Å²) in [7, 11) is 0. The molecule has 20 heavy (non-hydrogen) atoms. The van der Waals surface area contributed by atoms with Crippen LogP contribution < -0.4 is 4.74 Å². The first kappa shape index (κ1) is 14.6. The molecule has 1 aromatic rings. The standard InChI is InChI=1S/C16H20O4/c1-11-3-7-15(13(9-11)5-8-16(17)18)19-10-14-6-4-12(2)20-14/h3,5,7-9,12,14H,4,6,10H2,1-2H3,(H,17,18)/b8-5+. The molecule has 0 bridgehead atoms.